The SMILES string of the molecule is CCCS(=O)(=O)N[C@H]1CC2=C(C(=O)OC)[C@H](c3ccc(F)cc3Cl)N=C(c3nccs3)N2C1. The van der Waals surface area contributed by atoms with Crippen LogP contribution in [0.4, 0.5) is 4.39 Å². The van der Waals surface area contributed by atoms with Crippen LogP contribution < -0.4 is 4.72 Å². The van der Waals surface area contributed by atoms with Crippen LogP contribution in [-0.4, -0.2) is 55.6 Å². The molecule has 33 heavy (non-hydrogen) atoms. The molecule has 0 spiro atoms. The van der Waals surface area contributed by atoms with Gasteiger partial charge in [0.25, 0.3) is 0 Å². The minimum Gasteiger partial charge on any atom is -0.466 e. The second-order valence-corrected chi connectivity index (χ2v) is 10.8. The van der Waals surface area contributed by atoms with Gasteiger partial charge in [-0.1, -0.05) is 24.6 Å². The maximum atomic E-state index is 13.7. The summed E-state index contributed by atoms with van der Waals surface area (Å²) in [7, 11) is -2.22. The van der Waals surface area contributed by atoms with E-state index >= 15 is 0 Å². The first-order chi connectivity index (χ1) is 15.7. The predicted molar refractivity (Wildman–Crippen MR) is 124 cm³/mol. The number of benzene rings is 1. The monoisotopic (exact) mass is 512 g/mol. The number of nitrogens with one attached hydrogen (secondary N) is 1. The van der Waals surface area contributed by atoms with Crippen LogP contribution in [0.2, 0.25) is 5.02 Å². The Morgan fingerprint density at radius 3 is 2.85 bits per heavy atom. The van der Waals surface area contributed by atoms with Crippen molar-refractivity contribution < 1.29 is 22.3 Å². The summed E-state index contributed by atoms with van der Waals surface area (Å²) in [6, 6.07) is 2.58. The van der Waals surface area contributed by atoms with E-state index in [0.717, 1.165) is 6.07 Å². The van der Waals surface area contributed by atoms with Gasteiger partial charge in [0.05, 0.1) is 18.4 Å². The van der Waals surface area contributed by atoms with Crippen molar-refractivity contribution in [2.24, 2.45) is 4.99 Å². The Bertz CT molecular complexity index is 1230. The standard InChI is InChI=1S/C21H22ClFN4O4S2/c1-3-8-33(29,30)26-13-10-16-17(21(28)31-2)18(14-5-4-12(23)9-15(14)22)25-19(27(16)11-13)20-24-6-7-32-20/h4-7,9,13,18,26H,3,8,10-11H2,1-2H3/t13-,18-/m0/s1. The molecule has 1 N–H and O–H groups in total. The zero-order valence-corrected chi connectivity index (χ0v) is 20.3. The summed E-state index contributed by atoms with van der Waals surface area (Å²) in [5, 5.41) is 2.53. The molecule has 0 aliphatic carbocycles. The Kier molecular flexibility index (Phi) is 6.85. The summed E-state index contributed by atoms with van der Waals surface area (Å²) in [5.74, 6) is -0.619. The molecule has 8 nitrogen and oxygen atoms in total. The molecule has 1 fully saturated rings. The first-order valence-corrected chi connectivity index (χ1v) is 13.2. The largest absolute Gasteiger partial charge is 0.466 e. The van der Waals surface area contributed by atoms with Gasteiger partial charge in [0, 0.05) is 46.9 Å². The van der Waals surface area contributed by atoms with Gasteiger partial charge < -0.3 is 9.64 Å². The summed E-state index contributed by atoms with van der Waals surface area (Å²) in [6.45, 7) is 2.07. The third kappa shape index (κ3) is 4.81. The van der Waals surface area contributed by atoms with Crippen molar-refractivity contribution in [2.45, 2.75) is 31.8 Å². The van der Waals surface area contributed by atoms with Gasteiger partial charge in [0.2, 0.25) is 10.0 Å². The van der Waals surface area contributed by atoms with Crippen LogP contribution in [0.1, 0.15) is 36.4 Å². The van der Waals surface area contributed by atoms with E-state index in [1.165, 1.54) is 30.6 Å². The van der Waals surface area contributed by atoms with Crippen LogP contribution in [0.5, 0.6) is 0 Å². The second kappa shape index (κ2) is 9.49. The number of aromatic nitrogens is 1. The highest BCUT2D eigenvalue weighted by Gasteiger charge is 2.43. The van der Waals surface area contributed by atoms with E-state index in [1.54, 1.807) is 23.4 Å². The Balaban J connectivity index is 1.84. The molecule has 0 saturated carbocycles. The summed E-state index contributed by atoms with van der Waals surface area (Å²) in [4.78, 5) is 23.9. The van der Waals surface area contributed by atoms with Gasteiger partial charge in [-0.15, -0.1) is 11.3 Å². The molecular formula is C21H22ClFN4O4S2. The van der Waals surface area contributed by atoms with Crippen molar-refractivity contribution >= 4 is 44.8 Å². The van der Waals surface area contributed by atoms with E-state index in [2.05, 4.69) is 9.71 Å². The van der Waals surface area contributed by atoms with Gasteiger partial charge in [-0.25, -0.2) is 27.3 Å². The van der Waals surface area contributed by atoms with Crippen LogP contribution in [0.3, 0.4) is 0 Å². The van der Waals surface area contributed by atoms with Crippen LogP contribution in [-0.2, 0) is 19.6 Å². The lowest BCUT2D eigenvalue weighted by Gasteiger charge is -2.31. The molecule has 1 aromatic heterocycles. The fourth-order valence-corrected chi connectivity index (χ4v) is 6.31. The Hall–Kier alpha value is -2.34. The number of thiazole rings is 1. The van der Waals surface area contributed by atoms with E-state index in [-0.39, 0.29) is 29.3 Å². The van der Waals surface area contributed by atoms with Crippen molar-refractivity contribution in [2.75, 3.05) is 19.4 Å². The smallest absolute Gasteiger partial charge is 0.338 e. The van der Waals surface area contributed by atoms with Crippen LogP contribution in [0.15, 0.2) is 46.0 Å². The topological polar surface area (TPSA) is 101 Å². The molecule has 3 heterocycles. The molecule has 0 radical (unpaired) electrons. The molecule has 1 saturated heterocycles. The number of esters is 1. The van der Waals surface area contributed by atoms with Crippen molar-refractivity contribution in [1.29, 1.82) is 0 Å². The molecule has 176 valence electrons. The average Bonchev–Trinajstić information content (AvgIpc) is 3.41. The van der Waals surface area contributed by atoms with Crippen LogP contribution in [0, 0.1) is 5.82 Å². The fraction of sp³-hybridized carbons (Fsp3) is 0.381. The lowest BCUT2D eigenvalue weighted by molar-refractivity contribution is -0.136. The highest BCUT2D eigenvalue weighted by molar-refractivity contribution is 7.89. The number of carbonyl (C=O) groups is 1. The van der Waals surface area contributed by atoms with Crippen molar-refractivity contribution in [3.05, 3.63) is 62.5 Å². The predicted octanol–water partition coefficient (Wildman–Crippen LogP) is 3.27. The maximum absolute atomic E-state index is 13.7. The minimum absolute atomic E-state index is 0.00758. The Morgan fingerprint density at radius 1 is 1.42 bits per heavy atom. The number of fused-ring (bicyclic) bond motifs is 1. The molecule has 1 aromatic carbocycles. The zero-order chi connectivity index (χ0) is 23.8. The van der Waals surface area contributed by atoms with E-state index < -0.39 is 33.9 Å². The van der Waals surface area contributed by atoms with E-state index in [1.807, 2.05) is 0 Å². The molecule has 2 aliphatic heterocycles. The summed E-state index contributed by atoms with van der Waals surface area (Å²) in [5.41, 5.74) is 1.26. The number of hydrogen-bond donors (Lipinski definition) is 1. The molecule has 0 unspecified atom stereocenters. The van der Waals surface area contributed by atoms with Gasteiger partial charge in [-0.2, -0.15) is 0 Å². The van der Waals surface area contributed by atoms with E-state index in [9.17, 15) is 17.6 Å². The number of ether oxygens (including phenoxy) is 1. The molecule has 0 bridgehead atoms. The number of halogens is 2. The van der Waals surface area contributed by atoms with Crippen LogP contribution in [0.25, 0.3) is 0 Å². The normalized spacial score (nSPS) is 20.6. The Labute approximate surface area is 200 Å². The van der Waals surface area contributed by atoms with Crippen LogP contribution >= 0.6 is 22.9 Å². The number of carbonyl (C=O) groups excluding carboxylic acids is 1. The number of amidine groups is 1. The number of rotatable bonds is 7. The Morgan fingerprint density at radius 2 is 2.21 bits per heavy atom. The molecule has 2 atom stereocenters. The molecule has 12 heteroatoms. The van der Waals surface area contributed by atoms with E-state index in [4.69, 9.17) is 21.3 Å². The zero-order valence-electron chi connectivity index (χ0n) is 17.9. The average molecular weight is 513 g/mol. The maximum Gasteiger partial charge on any atom is 0.338 e. The number of sulfonamides is 1. The van der Waals surface area contributed by atoms with E-state index in [0.29, 0.717) is 28.5 Å². The summed E-state index contributed by atoms with van der Waals surface area (Å²) >= 11 is 7.71. The minimum atomic E-state index is -3.48. The third-order valence-electron chi connectivity index (χ3n) is 5.36. The first kappa shape index (κ1) is 23.8. The summed E-state index contributed by atoms with van der Waals surface area (Å²) < 4.78 is 46.3. The van der Waals surface area contributed by atoms with Gasteiger partial charge in [-0.3, -0.25) is 4.99 Å². The third-order valence-corrected chi connectivity index (χ3v) is 8.10. The highest BCUT2D eigenvalue weighted by Crippen LogP contribution is 2.42. The lowest BCUT2D eigenvalue weighted by Crippen LogP contribution is -2.40. The number of aliphatic imine (C=N–C) groups is 1. The molecule has 4 rings (SSSR count). The summed E-state index contributed by atoms with van der Waals surface area (Å²) in [6.07, 6.45) is 2.38. The molecule has 2 aliphatic rings. The highest BCUT2D eigenvalue weighted by atomic mass is 35.5. The van der Waals surface area contributed by atoms with Gasteiger partial charge >= 0.3 is 5.97 Å². The first-order valence-electron chi connectivity index (χ1n) is 10.3. The fourth-order valence-electron chi connectivity index (χ4n) is 4.08. The molecule has 2 aromatic rings. The number of nitrogens with zero attached hydrogens (tertiary/aromatic N) is 3. The number of hydrogen-bond acceptors (Lipinski definition) is 8. The molecule has 0 amide bonds. The lowest BCUT2D eigenvalue weighted by atomic mass is 9.94. The van der Waals surface area contributed by atoms with Crippen molar-refractivity contribution in [3.8, 4) is 0 Å². The van der Waals surface area contributed by atoms with Crippen molar-refractivity contribution in [3.63, 3.8) is 0 Å². The quantitative estimate of drug-likeness (QED) is 0.571. The van der Waals surface area contributed by atoms with Gasteiger partial charge in [-0.05, 0) is 18.6 Å². The second-order valence-electron chi connectivity index (χ2n) is 7.66. The number of methoxy groups -OCH3 is 1. The molecular weight excluding hydrogens is 491 g/mol. The van der Waals surface area contributed by atoms with Crippen molar-refractivity contribution in [1.82, 2.24) is 14.6 Å². The van der Waals surface area contributed by atoms with Gasteiger partial charge in [0.1, 0.15) is 11.9 Å². The van der Waals surface area contributed by atoms with Gasteiger partial charge in [0.15, 0.2) is 10.8 Å².